The van der Waals surface area contributed by atoms with Gasteiger partial charge in [0.05, 0.1) is 17.1 Å². The molecule has 1 aromatic rings. The van der Waals surface area contributed by atoms with Gasteiger partial charge < -0.3 is 10.5 Å². The Morgan fingerprint density at radius 1 is 1.32 bits per heavy atom. The number of nitrogens with two attached hydrogens (primary N) is 1. The van der Waals surface area contributed by atoms with Gasteiger partial charge in [-0.1, -0.05) is 38.1 Å². The molecule has 0 fully saturated rings. The van der Waals surface area contributed by atoms with E-state index in [1.807, 2.05) is 6.92 Å². The predicted molar refractivity (Wildman–Crippen MR) is 85.5 cm³/mol. The molecule has 0 aliphatic heterocycles. The maximum atomic E-state index is 6.07. The molecule has 0 aliphatic rings. The van der Waals surface area contributed by atoms with Crippen molar-refractivity contribution in [2.75, 3.05) is 6.61 Å². The molecular weight excluding hydrogens is 254 g/mol. The molecule has 19 heavy (non-hydrogen) atoms. The Bertz CT molecular complexity index is 409. The van der Waals surface area contributed by atoms with Gasteiger partial charge >= 0.3 is 0 Å². The van der Waals surface area contributed by atoms with Crippen molar-refractivity contribution in [3.05, 3.63) is 35.4 Å². The summed E-state index contributed by atoms with van der Waals surface area (Å²) in [6.45, 7) is 10.9. The topological polar surface area (TPSA) is 35.2 Å². The van der Waals surface area contributed by atoms with Crippen molar-refractivity contribution in [3.63, 3.8) is 0 Å². The Morgan fingerprint density at radius 2 is 1.95 bits per heavy atom. The lowest BCUT2D eigenvalue weighted by Crippen LogP contribution is -2.40. The minimum absolute atomic E-state index is 0.185. The van der Waals surface area contributed by atoms with Crippen LogP contribution >= 0.6 is 12.6 Å². The van der Waals surface area contributed by atoms with Crippen molar-refractivity contribution in [1.82, 2.24) is 0 Å². The number of aryl methyl sites for hydroxylation is 1. The van der Waals surface area contributed by atoms with Crippen molar-refractivity contribution in [2.24, 2.45) is 11.7 Å². The maximum absolute atomic E-state index is 6.07. The highest BCUT2D eigenvalue weighted by Crippen LogP contribution is 2.28. The molecular formula is C16H27NOS. The van der Waals surface area contributed by atoms with Gasteiger partial charge in [0, 0.05) is 5.92 Å². The summed E-state index contributed by atoms with van der Waals surface area (Å²) in [5.74, 6) is 0.185. The SMILES string of the molecule is CCc1cccc(C(C)(C)OCC(C)C(C)(N)S)c1. The average Bonchev–Trinajstić information content (AvgIpc) is 2.35. The van der Waals surface area contributed by atoms with E-state index in [0.29, 0.717) is 6.61 Å². The lowest BCUT2D eigenvalue weighted by Gasteiger charge is -2.32. The first-order valence-electron chi connectivity index (χ1n) is 6.91. The van der Waals surface area contributed by atoms with E-state index in [1.165, 1.54) is 11.1 Å². The highest BCUT2D eigenvalue weighted by molar-refractivity contribution is 7.81. The van der Waals surface area contributed by atoms with E-state index in [2.05, 4.69) is 64.6 Å². The van der Waals surface area contributed by atoms with Crippen LogP contribution in [0.5, 0.6) is 0 Å². The Morgan fingerprint density at radius 3 is 2.47 bits per heavy atom. The van der Waals surface area contributed by atoms with Gasteiger partial charge in [0.2, 0.25) is 0 Å². The summed E-state index contributed by atoms with van der Waals surface area (Å²) >= 11 is 4.40. The third-order valence-corrected chi connectivity index (χ3v) is 4.16. The van der Waals surface area contributed by atoms with Crippen LogP contribution in [0.3, 0.4) is 0 Å². The lowest BCUT2D eigenvalue weighted by atomic mass is 9.95. The van der Waals surface area contributed by atoms with Crippen molar-refractivity contribution in [2.45, 2.75) is 51.5 Å². The molecule has 1 aromatic carbocycles. The summed E-state index contributed by atoms with van der Waals surface area (Å²) in [4.78, 5) is -0.513. The molecule has 0 bridgehead atoms. The van der Waals surface area contributed by atoms with Gasteiger partial charge in [-0.25, -0.2) is 0 Å². The number of ether oxygens (including phenoxy) is 1. The Hall–Kier alpha value is -0.510. The second-order valence-corrected chi connectivity index (χ2v) is 6.97. The van der Waals surface area contributed by atoms with Gasteiger partial charge in [0.15, 0.2) is 0 Å². The number of rotatable bonds is 6. The van der Waals surface area contributed by atoms with E-state index < -0.39 is 4.87 Å². The molecule has 1 rings (SSSR count). The molecule has 2 N–H and O–H groups in total. The monoisotopic (exact) mass is 281 g/mol. The summed E-state index contributed by atoms with van der Waals surface area (Å²) in [6, 6.07) is 8.57. The maximum Gasteiger partial charge on any atom is 0.0875 e. The van der Waals surface area contributed by atoms with Crippen LogP contribution in [-0.4, -0.2) is 11.5 Å². The third-order valence-electron chi connectivity index (χ3n) is 3.72. The fourth-order valence-corrected chi connectivity index (χ4v) is 1.83. The summed E-state index contributed by atoms with van der Waals surface area (Å²) in [5, 5.41) is 0. The van der Waals surface area contributed by atoms with Gasteiger partial charge in [-0.15, -0.1) is 0 Å². The van der Waals surface area contributed by atoms with Crippen LogP contribution in [0.1, 0.15) is 45.7 Å². The van der Waals surface area contributed by atoms with E-state index in [1.54, 1.807) is 0 Å². The number of thiol groups is 1. The molecule has 0 heterocycles. The molecule has 0 aromatic heterocycles. The minimum Gasteiger partial charge on any atom is -0.370 e. The van der Waals surface area contributed by atoms with Crippen LogP contribution in [0.15, 0.2) is 24.3 Å². The van der Waals surface area contributed by atoms with Gasteiger partial charge in [-0.3, -0.25) is 0 Å². The molecule has 2 unspecified atom stereocenters. The van der Waals surface area contributed by atoms with Crippen molar-refractivity contribution in [1.29, 1.82) is 0 Å². The lowest BCUT2D eigenvalue weighted by molar-refractivity contribution is -0.0414. The third kappa shape index (κ3) is 4.83. The quantitative estimate of drug-likeness (QED) is 0.615. The molecule has 0 aliphatic carbocycles. The summed E-state index contributed by atoms with van der Waals surface area (Å²) in [5.41, 5.74) is 8.21. The van der Waals surface area contributed by atoms with E-state index >= 15 is 0 Å². The zero-order valence-corrected chi connectivity index (χ0v) is 13.6. The Labute approximate surface area is 123 Å². The fourth-order valence-electron chi connectivity index (χ4n) is 1.75. The van der Waals surface area contributed by atoms with Crippen molar-refractivity contribution >= 4 is 12.6 Å². The van der Waals surface area contributed by atoms with E-state index in [-0.39, 0.29) is 11.5 Å². The van der Waals surface area contributed by atoms with Crippen LogP contribution in [0.4, 0.5) is 0 Å². The molecule has 0 spiro atoms. The second kappa shape index (κ2) is 6.29. The van der Waals surface area contributed by atoms with Crippen LogP contribution in [0.2, 0.25) is 0 Å². The highest BCUT2D eigenvalue weighted by atomic mass is 32.1. The van der Waals surface area contributed by atoms with Crippen LogP contribution < -0.4 is 5.73 Å². The number of hydrogen-bond donors (Lipinski definition) is 2. The van der Waals surface area contributed by atoms with Gasteiger partial charge in [0.25, 0.3) is 0 Å². The molecule has 0 saturated heterocycles. The molecule has 0 saturated carbocycles. The normalized spacial score (nSPS) is 17.0. The van der Waals surface area contributed by atoms with Gasteiger partial charge in [-0.05, 0) is 38.3 Å². The molecule has 0 radical (unpaired) electrons. The molecule has 108 valence electrons. The largest absolute Gasteiger partial charge is 0.370 e. The van der Waals surface area contributed by atoms with Gasteiger partial charge in [-0.2, -0.15) is 12.6 Å². The zero-order chi connectivity index (χ0) is 14.7. The van der Waals surface area contributed by atoms with Crippen LogP contribution in [-0.2, 0) is 16.8 Å². The predicted octanol–water partition coefficient (Wildman–Crippen LogP) is 3.74. The zero-order valence-electron chi connectivity index (χ0n) is 12.7. The molecule has 3 heteroatoms. The minimum atomic E-state index is -0.513. The standard InChI is InChI=1S/C16H27NOS/c1-6-13-8-7-9-14(10-13)15(3,4)18-11-12(2)16(5,17)19/h7-10,12,19H,6,11,17H2,1-5H3. The highest BCUT2D eigenvalue weighted by Gasteiger charge is 2.27. The Kier molecular flexibility index (Phi) is 5.48. The van der Waals surface area contributed by atoms with E-state index in [4.69, 9.17) is 10.5 Å². The first-order chi connectivity index (χ1) is 8.66. The number of benzene rings is 1. The number of hydrogen-bond acceptors (Lipinski definition) is 3. The van der Waals surface area contributed by atoms with E-state index in [0.717, 1.165) is 6.42 Å². The first-order valence-corrected chi connectivity index (χ1v) is 7.36. The van der Waals surface area contributed by atoms with Crippen molar-refractivity contribution in [3.8, 4) is 0 Å². The molecule has 2 nitrogen and oxygen atoms in total. The van der Waals surface area contributed by atoms with Crippen molar-refractivity contribution < 1.29 is 4.74 Å². The van der Waals surface area contributed by atoms with Crippen LogP contribution in [0.25, 0.3) is 0 Å². The molecule has 0 amide bonds. The van der Waals surface area contributed by atoms with Crippen LogP contribution in [0, 0.1) is 5.92 Å². The second-order valence-electron chi connectivity index (χ2n) is 6.00. The van der Waals surface area contributed by atoms with Gasteiger partial charge in [0.1, 0.15) is 0 Å². The Balaban J connectivity index is 2.75. The summed E-state index contributed by atoms with van der Waals surface area (Å²) in [6.07, 6.45) is 1.04. The summed E-state index contributed by atoms with van der Waals surface area (Å²) < 4.78 is 6.07. The summed E-state index contributed by atoms with van der Waals surface area (Å²) in [7, 11) is 0. The fraction of sp³-hybridized carbons (Fsp3) is 0.625. The smallest absolute Gasteiger partial charge is 0.0875 e. The average molecular weight is 281 g/mol. The van der Waals surface area contributed by atoms with E-state index in [9.17, 15) is 0 Å². The first kappa shape index (κ1) is 16.5. The molecule has 2 atom stereocenters.